The van der Waals surface area contributed by atoms with Crippen molar-refractivity contribution in [2.24, 2.45) is 0 Å². The molecule has 1 amide bonds. The summed E-state index contributed by atoms with van der Waals surface area (Å²) < 4.78 is 0. The minimum atomic E-state index is -1.11. The third-order valence-electron chi connectivity index (χ3n) is 3.54. The Labute approximate surface area is 165 Å². The third-order valence-corrected chi connectivity index (χ3v) is 4.84. The topological polar surface area (TPSA) is 131 Å². The molecule has 2 rings (SSSR count). The molecule has 0 aliphatic heterocycles. The molecule has 1 heterocycles. The van der Waals surface area contributed by atoms with Crippen molar-refractivity contribution in [1.29, 1.82) is 15.8 Å². The molecule has 1 aromatic carbocycles. The van der Waals surface area contributed by atoms with Crippen molar-refractivity contribution < 1.29 is 4.79 Å². The zero-order chi connectivity index (χ0) is 20.1. The molecule has 1 unspecified atom stereocenters. The highest BCUT2D eigenvalue weighted by atomic mass is 35.5. The van der Waals surface area contributed by atoms with Gasteiger partial charge >= 0.3 is 0 Å². The van der Waals surface area contributed by atoms with Gasteiger partial charge in [-0.1, -0.05) is 35.5 Å². The number of hydrogen-bond donors (Lipinski definition) is 1. The van der Waals surface area contributed by atoms with Crippen molar-refractivity contribution in [3.63, 3.8) is 0 Å². The molecule has 27 heavy (non-hydrogen) atoms. The number of aromatic nitrogens is 1. The quantitative estimate of drug-likeness (QED) is 0.786. The monoisotopic (exact) mass is 396 g/mol. The van der Waals surface area contributed by atoms with E-state index in [1.165, 1.54) is 19.0 Å². The second-order valence-electron chi connectivity index (χ2n) is 5.52. The predicted octanol–water partition coefficient (Wildman–Crippen LogP) is 2.80. The van der Waals surface area contributed by atoms with E-state index in [9.17, 15) is 20.6 Å². The minimum absolute atomic E-state index is 0.0330. The van der Waals surface area contributed by atoms with E-state index >= 15 is 0 Å². The summed E-state index contributed by atoms with van der Waals surface area (Å²) >= 11 is 6.85. The number of nitriles is 3. The van der Waals surface area contributed by atoms with Crippen LogP contribution in [-0.4, -0.2) is 35.1 Å². The fraction of sp³-hybridized carbons (Fsp3) is 0.167. The lowest BCUT2D eigenvalue weighted by Crippen LogP contribution is -2.30. The summed E-state index contributed by atoms with van der Waals surface area (Å²) in [5, 5.41) is 27.9. The molecule has 134 valence electrons. The highest BCUT2D eigenvalue weighted by Crippen LogP contribution is 2.37. The van der Waals surface area contributed by atoms with Crippen LogP contribution in [0.3, 0.4) is 0 Å². The van der Waals surface area contributed by atoms with Gasteiger partial charge < -0.3 is 10.6 Å². The number of pyridine rings is 1. The van der Waals surface area contributed by atoms with Gasteiger partial charge in [0.05, 0.1) is 11.6 Å². The molecule has 0 fully saturated rings. The first-order valence-corrected chi connectivity index (χ1v) is 8.76. The smallest absolute Gasteiger partial charge is 0.250 e. The van der Waals surface area contributed by atoms with Crippen molar-refractivity contribution in [3.8, 4) is 29.3 Å². The lowest BCUT2D eigenvalue weighted by atomic mass is 9.97. The molecule has 0 saturated carbocycles. The van der Waals surface area contributed by atoms with E-state index in [-0.39, 0.29) is 27.5 Å². The molecule has 7 nitrogen and oxygen atoms in total. The van der Waals surface area contributed by atoms with E-state index < -0.39 is 11.2 Å². The standard InChI is InChI=1S/C18H13ClN6OS/c1-25(2)18(26)14(9-22)27-17-13(8-21)15(12(7-20)16(23)24-17)10-4-3-5-11(19)6-10/h3-6,14H,1-2H3,(H2,23,24). The highest BCUT2D eigenvalue weighted by Gasteiger charge is 2.27. The van der Waals surface area contributed by atoms with Crippen LogP contribution in [0.4, 0.5) is 5.82 Å². The Balaban J connectivity index is 2.72. The minimum Gasteiger partial charge on any atom is -0.383 e. The van der Waals surface area contributed by atoms with Crippen LogP contribution < -0.4 is 5.73 Å². The lowest BCUT2D eigenvalue weighted by Gasteiger charge is -2.17. The summed E-state index contributed by atoms with van der Waals surface area (Å²) in [5.41, 5.74) is 6.79. The first-order chi connectivity index (χ1) is 12.8. The second-order valence-corrected chi connectivity index (χ2v) is 7.05. The summed E-state index contributed by atoms with van der Waals surface area (Å²) in [6, 6.07) is 12.5. The van der Waals surface area contributed by atoms with Gasteiger partial charge in [0.25, 0.3) is 0 Å². The number of amides is 1. The molecular formula is C18H13ClN6OS. The molecule has 0 saturated heterocycles. The maximum atomic E-state index is 12.2. The zero-order valence-corrected chi connectivity index (χ0v) is 16.0. The normalized spacial score (nSPS) is 11.0. The number of halogens is 1. The van der Waals surface area contributed by atoms with Crippen LogP contribution in [-0.2, 0) is 4.79 Å². The van der Waals surface area contributed by atoms with Crippen molar-refractivity contribution in [1.82, 2.24) is 9.88 Å². The summed E-state index contributed by atoms with van der Waals surface area (Å²) in [7, 11) is 3.05. The van der Waals surface area contributed by atoms with Crippen LogP contribution in [0.1, 0.15) is 11.1 Å². The number of nitrogens with zero attached hydrogens (tertiary/aromatic N) is 5. The Kier molecular flexibility index (Phi) is 6.26. The summed E-state index contributed by atoms with van der Waals surface area (Å²) in [6.07, 6.45) is 0. The van der Waals surface area contributed by atoms with E-state index in [0.29, 0.717) is 10.6 Å². The molecule has 1 atom stereocenters. The van der Waals surface area contributed by atoms with Crippen LogP contribution in [0.2, 0.25) is 5.02 Å². The molecule has 0 radical (unpaired) electrons. The molecule has 2 aromatic rings. The van der Waals surface area contributed by atoms with E-state index in [1.54, 1.807) is 24.3 Å². The van der Waals surface area contributed by atoms with Crippen molar-refractivity contribution in [2.75, 3.05) is 19.8 Å². The van der Waals surface area contributed by atoms with Gasteiger partial charge in [-0.3, -0.25) is 4.79 Å². The summed E-state index contributed by atoms with van der Waals surface area (Å²) in [6.45, 7) is 0. The average Bonchev–Trinajstić information content (AvgIpc) is 2.64. The fourth-order valence-electron chi connectivity index (χ4n) is 2.29. The Bertz CT molecular complexity index is 1030. The molecular weight excluding hydrogens is 384 g/mol. The molecule has 2 N–H and O–H groups in total. The van der Waals surface area contributed by atoms with E-state index in [2.05, 4.69) is 4.98 Å². The number of carbonyl (C=O) groups excluding carboxylic acids is 1. The Morgan fingerprint density at radius 1 is 1.26 bits per heavy atom. The van der Waals surface area contributed by atoms with Gasteiger partial charge in [-0.05, 0) is 17.7 Å². The van der Waals surface area contributed by atoms with Crippen molar-refractivity contribution in [2.45, 2.75) is 10.3 Å². The molecule has 9 heteroatoms. The Morgan fingerprint density at radius 3 is 2.44 bits per heavy atom. The number of rotatable bonds is 4. The number of anilines is 1. The maximum absolute atomic E-state index is 12.2. The van der Waals surface area contributed by atoms with Gasteiger partial charge in [-0.2, -0.15) is 15.8 Å². The van der Waals surface area contributed by atoms with Gasteiger partial charge in [0.2, 0.25) is 5.91 Å². The van der Waals surface area contributed by atoms with Gasteiger partial charge in [0, 0.05) is 24.7 Å². The van der Waals surface area contributed by atoms with Crippen LogP contribution in [0, 0.1) is 34.0 Å². The molecule has 0 aliphatic carbocycles. The number of carbonyl (C=O) groups is 1. The molecule has 1 aromatic heterocycles. The zero-order valence-electron chi connectivity index (χ0n) is 14.4. The Hall–Kier alpha value is -3.25. The highest BCUT2D eigenvalue weighted by molar-refractivity contribution is 8.00. The number of nitrogen functional groups attached to an aromatic ring is 1. The van der Waals surface area contributed by atoms with Crippen LogP contribution in [0.15, 0.2) is 29.3 Å². The van der Waals surface area contributed by atoms with Gasteiger partial charge in [0.15, 0.2) is 5.25 Å². The van der Waals surface area contributed by atoms with Gasteiger partial charge in [0.1, 0.15) is 28.5 Å². The number of hydrogen-bond acceptors (Lipinski definition) is 7. The molecule has 0 spiro atoms. The SMILES string of the molecule is CN(C)C(=O)C(C#N)Sc1nc(N)c(C#N)c(-c2cccc(Cl)c2)c1C#N. The first-order valence-electron chi connectivity index (χ1n) is 7.51. The van der Waals surface area contributed by atoms with E-state index in [1.807, 2.05) is 18.2 Å². The number of thioether (sulfide) groups is 1. The van der Waals surface area contributed by atoms with Crippen LogP contribution >= 0.6 is 23.4 Å². The number of nitrogens with two attached hydrogens (primary N) is 1. The largest absolute Gasteiger partial charge is 0.383 e. The van der Waals surface area contributed by atoms with E-state index in [4.69, 9.17) is 17.3 Å². The lowest BCUT2D eigenvalue weighted by molar-refractivity contribution is -0.127. The van der Waals surface area contributed by atoms with E-state index in [0.717, 1.165) is 11.8 Å². The fourth-order valence-corrected chi connectivity index (χ4v) is 3.49. The second kappa shape index (κ2) is 8.42. The van der Waals surface area contributed by atoms with Crippen molar-refractivity contribution in [3.05, 3.63) is 40.4 Å². The number of benzene rings is 1. The van der Waals surface area contributed by atoms with Crippen LogP contribution in [0.25, 0.3) is 11.1 Å². The van der Waals surface area contributed by atoms with Crippen molar-refractivity contribution >= 4 is 35.1 Å². The average molecular weight is 397 g/mol. The molecule has 0 aliphatic rings. The maximum Gasteiger partial charge on any atom is 0.250 e. The van der Waals surface area contributed by atoms with Crippen LogP contribution in [0.5, 0.6) is 0 Å². The Morgan fingerprint density at radius 2 is 1.93 bits per heavy atom. The first kappa shape index (κ1) is 20.1. The molecule has 0 bridgehead atoms. The predicted molar refractivity (Wildman–Crippen MR) is 102 cm³/mol. The third kappa shape index (κ3) is 4.12. The van der Waals surface area contributed by atoms with Gasteiger partial charge in [-0.15, -0.1) is 0 Å². The van der Waals surface area contributed by atoms with Gasteiger partial charge in [-0.25, -0.2) is 4.98 Å². The summed E-state index contributed by atoms with van der Waals surface area (Å²) in [5.74, 6) is -0.539. The summed E-state index contributed by atoms with van der Waals surface area (Å²) in [4.78, 5) is 17.5.